The number of esters is 4. The van der Waals surface area contributed by atoms with E-state index in [-0.39, 0.29) is 28.7 Å². The molecule has 0 heterocycles. The van der Waals surface area contributed by atoms with Crippen LogP contribution in [0.5, 0.6) is 0 Å². The molecule has 0 saturated heterocycles. The maximum atomic E-state index is 10.2. The van der Waals surface area contributed by atoms with Gasteiger partial charge in [-0.2, -0.15) is 0 Å². The zero-order valence-electron chi connectivity index (χ0n) is 47.6. The quantitative estimate of drug-likeness (QED) is 0.161. The maximum Gasteiger partial charge on any atom is 0.507 e. The van der Waals surface area contributed by atoms with Crippen LogP contribution in [0.3, 0.4) is 0 Å². The largest absolute Gasteiger partial charge is 0.507 e. The molecule has 0 saturated carbocycles. The third-order valence-electron chi connectivity index (χ3n) is 4.78. The summed E-state index contributed by atoms with van der Waals surface area (Å²) in [5, 5.41) is 5.03. The average Bonchev–Trinajstić information content (AvgIpc) is 3.43. The monoisotopic (exact) mass is 1190 g/mol. The van der Waals surface area contributed by atoms with E-state index in [1.165, 1.54) is 121 Å². The number of rotatable bonds is 1. The topological polar surface area (TPSA) is 357 Å². The second-order valence-corrected chi connectivity index (χ2v) is 13.3. The molecule has 0 aliphatic carbocycles. The van der Waals surface area contributed by atoms with Gasteiger partial charge < -0.3 is 91.5 Å². The first-order valence-corrected chi connectivity index (χ1v) is 22.7. The van der Waals surface area contributed by atoms with Crippen LogP contribution in [0.4, 0.5) is 28.8 Å². The van der Waals surface area contributed by atoms with Crippen molar-refractivity contribution in [2.75, 3.05) is 161 Å². The van der Waals surface area contributed by atoms with E-state index < -0.39 is 42.0 Å². The molecule has 35 heteroatoms. The smallest absolute Gasteiger partial charge is 0.491 e. The summed E-state index contributed by atoms with van der Waals surface area (Å²) in [5.74, 6) is -3.56. The molecule has 2 N–H and O–H groups in total. The van der Waals surface area contributed by atoms with Crippen molar-refractivity contribution in [3.63, 3.8) is 0 Å². The number of amides is 4. The lowest BCUT2D eigenvalue weighted by atomic mass is 10.5. The molecule has 0 atom stereocenters. The van der Waals surface area contributed by atoms with Crippen LogP contribution in [0.25, 0.3) is 0 Å². The predicted octanol–water partition coefficient (Wildman–Crippen LogP) is 4.17. The Bertz CT molecular complexity index is 1320. The van der Waals surface area contributed by atoms with E-state index in [0.717, 1.165) is 32.9 Å². The van der Waals surface area contributed by atoms with Gasteiger partial charge in [-0.3, -0.25) is 9.59 Å². The molecule has 0 aromatic carbocycles. The van der Waals surface area contributed by atoms with Crippen molar-refractivity contribution in [3.8, 4) is 0 Å². The van der Waals surface area contributed by atoms with Crippen LogP contribution < -0.4 is 10.6 Å². The van der Waals surface area contributed by atoms with E-state index in [1.54, 1.807) is 55.6 Å². The van der Waals surface area contributed by atoms with Gasteiger partial charge in [-0.1, -0.05) is 11.8 Å². The Morgan fingerprint density at radius 1 is 0.387 bits per heavy atom. The lowest BCUT2D eigenvalue weighted by Crippen LogP contribution is -2.20. The van der Waals surface area contributed by atoms with Gasteiger partial charge in [0, 0.05) is 75.3 Å². The molecule has 0 rings (SSSR count). The van der Waals surface area contributed by atoms with E-state index in [9.17, 15) is 52.7 Å². The van der Waals surface area contributed by atoms with Crippen molar-refractivity contribution in [1.82, 2.24) is 20.4 Å². The first-order chi connectivity index (χ1) is 34.6. The van der Waals surface area contributed by atoms with E-state index >= 15 is 0 Å². The summed E-state index contributed by atoms with van der Waals surface area (Å²) in [6.07, 6.45) is 1.44. The Morgan fingerprint density at radius 3 is 0.693 bits per heavy atom. The Kier molecular flexibility index (Phi) is 106. The number of nitrogens with zero attached hydrogens (tertiary/aromatic N) is 2. The van der Waals surface area contributed by atoms with Crippen LogP contribution in [-0.2, 0) is 95.0 Å². The number of Topliss-reactive ketones (excluding diaryl/α,β-unsaturated/α-hetero) is 1. The number of alkyl carbamates (subject to hydrolysis) is 2. The number of hydrogen-bond acceptors (Lipinski definition) is 31. The molecule has 0 aromatic rings. The molecule has 0 aliphatic heterocycles. The molecule has 30 nitrogen and oxygen atoms in total. The van der Waals surface area contributed by atoms with Crippen molar-refractivity contribution >= 4 is 140 Å². The molecule has 446 valence electrons. The zero-order chi connectivity index (χ0) is 62.7. The molecule has 4 amide bonds. The minimum Gasteiger partial charge on any atom is -0.491 e. The summed E-state index contributed by atoms with van der Waals surface area (Å²) in [4.78, 5) is 112. The highest BCUT2D eigenvalue weighted by Gasteiger charge is 2.12. The highest BCUT2D eigenvalue weighted by Crippen LogP contribution is 1.95. The summed E-state index contributed by atoms with van der Waals surface area (Å²) in [7, 11) is 29.5. The number of methoxy groups -OCH3 is 15. The average molecular weight is 1190 g/mol. The van der Waals surface area contributed by atoms with Crippen LogP contribution in [0.2, 0.25) is 0 Å². The van der Waals surface area contributed by atoms with Gasteiger partial charge in [0.15, 0.2) is 5.05 Å². The van der Waals surface area contributed by atoms with E-state index in [1.807, 2.05) is 6.26 Å². The summed E-state index contributed by atoms with van der Waals surface area (Å²) in [6, 6.07) is 0. The first kappa shape index (κ1) is 97.8. The second-order valence-electron chi connectivity index (χ2n) is 10.3. The Labute approximate surface area is 464 Å². The number of thioether (sulfide) groups is 2. The third kappa shape index (κ3) is 128. The predicted molar refractivity (Wildman–Crippen MR) is 290 cm³/mol. The molecule has 0 fully saturated rings. The van der Waals surface area contributed by atoms with Crippen LogP contribution in [0.1, 0.15) is 20.8 Å². The minimum atomic E-state index is -0.979. The number of nitrogens with one attached hydrogen (secondary N) is 2. The number of carbonyl (C=O) groups excluding carboxylic acids is 11. The van der Waals surface area contributed by atoms with Crippen molar-refractivity contribution in [3.05, 3.63) is 0 Å². The lowest BCUT2D eigenvalue weighted by Gasteiger charge is -2.05. The molecular formula is C40H80N4O26S5. The summed E-state index contributed by atoms with van der Waals surface area (Å²) >= 11 is 16.0. The van der Waals surface area contributed by atoms with Crippen molar-refractivity contribution in [1.29, 1.82) is 0 Å². The van der Waals surface area contributed by atoms with Crippen LogP contribution in [0, 0.1) is 0 Å². The molecule has 0 spiro atoms. The van der Waals surface area contributed by atoms with Gasteiger partial charge in [-0.15, -0.1) is 0 Å². The lowest BCUT2D eigenvalue weighted by molar-refractivity contribution is -0.164. The van der Waals surface area contributed by atoms with Crippen molar-refractivity contribution in [2.45, 2.75) is 20.8 Å². The van der Waals surface area contributed by atoms with Gasteiger partial charge in [0.25, 0.3) is 0 Å². The third-order valence-corrected chi connectivity index (χ3v) is 6.94. The van der Waals surface area contributed by atoms with Gasteiger partial charge in [-0.05, 0) is 48.7 Å². The summed E-state index contributed by atoms with van der Waals surface area (Å²) in [5.41, 5.74) is 0. The van der Waals surface area contributed by atoms with Crippen molar-refractivity contribution in [2.24, 2.45) is 0 Å². The van der Waals surface area contributed by atoms with Gasteiger partial charge in [0.05, 0.1) is 107 Å². The number of hydrogen-bond donors (Lipinski definition) is 2. The highest BCUT2D eigenvalue weighted by molar-refractivity contribution is 8.22. The molecule has 0 aromatic heterocycles. The van der Waals surface area contributed by atoms with E-state index in [4.69, 9.17) is 0 Å². The molecule has 0 unspecified atom stereocenters. The number of ether oxygens (including phenoxy) is 15. The maximum absolute atomic E-state index is 10.2. The van der Waals surface area contributed by atoms with Gasteiger partial charge in [-0.25, -0.2) is 43.2 Å². The number of carbonyl (C=O) groups is 11. The summed E-state index contributed by atoms with van der Waals surface area (Å²) in [6.45, 7) is 4.25. The molecule has 0 bridgehead atoms. The molecule has 0 radical (unpaired) electrons. The van der Waals surface area contributed by atoms with E-state index in [0.29, 0.717) is 9.43 Å². The van der Waals surface area contributed by atoms with Crippen LogP contribution in [0.15, 0.2) is 0 Å². The number of ketones is 1. The summed E-state index contributed by atoms with van der Waals surface area (Å²) < 4.78 is 63.8. The first-order valence-electron chi connectivity index (χ1n) is 19.0. The minimum absolute atomic E-state index is 0.176. The standard InChI is InChI=1S/2C4H9NO2.C4H6O4.C4H6O3.2C3H7NO2.C3H6O3.2C3H6O2S.C3H6O2.C3H6OS2.C3H6OS/c2*1-5(2)4(6)7-3;1-7-3(5)4(6)8-2;1-3(5)4(6)7-2;2*1-4-3(5)6-2;2*1-5-3(4)6-2;1-4-3(6)5-2;1-3(4)5-2;1-4-3(5)6-2;1-3(5)4-2/h2*1-3H3;1-2H3;1-2H3;2*1-2H3,(H,4,5);3*1-2H3;1-2H3;1-2H3;1-2H3. The van der Waals surface area contributed by atoms with Gasteiger partial charge in [0.2, 0.25) is 10.2 Å². The Morgan fingerprint density at radius 2 is 0.680 bits per heavy atom. The molecular weight excluding hydrogens is 1110 g/mol. The fourth-order valence-corrected chi connectivity index (χ4v) is 1.55. The van der Waals surface area contributed by atoms with Crippen molar-refractivity contribution < 1.29 is 124 Å². The number of thiocarbonyl (C=S) groups is 3. The zero-order valence-corrected chi connectivity index (χ0v) is 51.6. The highest BCUT2D eigenvalue weighted by atomic mass is 32.2. The second kappa shape index (κ2) is 81.6. The SMILES string of the molecule is CNC(=O)OC.CNC(=O)OC.COC(=O)C(=O)OC.COC(=O)C(C)=O.COC(=O)N(C)C.COC(=O)N(C)C.COC(=O)OC.COC(=O)SC.COC(=S)OC.COC(=S)SC.COC(C)=O.COC(C)=S. The van der Waals surface area contributed by atoms with Gasteiger partial charge >= 0.3 is 64.9 Å². The molecule has 75 heavy (non-hydrogen) atoms. The van der Waals surface area contributed by atoms with Crippen LogP contribution in [-0.4, -0.2) is 251 Å². The van der Waals surface area contributed by atoms with Crippen LogP contribution >= 0.6 is 60.2 Å². The van der Waals surface area contributed by atoms with E-state index in [2.05, 4.69) is 118 Å². The fourth-order valence-electron chi connectivity index (χ4n) is 1.21. The molecule has 0 aliphatic rings. The Balaban J connectivity index is -0.0000000578. The normalized spacial score (nSPS) is 7.39. The van der Waals surface area contributed by atoms with Gasteiger partial charge in [0.1, 0.15) is 0 Å². The fraction of sp³-hybridized carbons (Fsp3) is 0.650. The Hall–Kier alpha value is -6.46.